The van der Waals surface area contributed by atoms with E-state index in [-0.39, 0.29) is 66.0 Å². The third-order valence-corrected chi connectivity index (χ3v) is 16.8. The zero-order chi connectivity index (χ0) is 52.2. The number of nitrogens with one attached hydrogen (secondary N) is 4. The summed E-state index contributed by atoms with van der Waals surface area (Å²) < 4.78 is 31.6. The summed E-state index contributed by atoms with van der Waals surface area (Å²) >= 11 is 8.08. The number of aliphatic hydroxyl groups is 1. The predicted molar refractivity (Wildman–Crippen MR) is 287 cm³/mol. The fraction of sp³-hybridized carbons (Fsp3) is 0.462. The number of likely N-dealkylation sites (tertiary alicyclic amines) is 2. The highest BCUT2D eigenvalue weighted by Crippen LogP contribution is 2.43. The molecule has 8 rings (SSSR count). The minimum Gasteiger partial charge on any atom is -0.494 e. The summed E-state index contributed by atoms with van der Waals surface area (Å²) in [5.41, 5.74) is 6.86. The Morgan fingerprint density at radius 3 is 2.33 bits per heavy atom. The third-order valence-electron chi connectivity index (χ3n) is 14.4. The number of aromatic nitrogens is 3. The van der Waals surface area contributed by atoms with Crippen molar-refractivity contribution in [3.63, 3.8) is 0 Å². The average molecular weight is 1060 g/mol. The molecule has 3 fully saturated rings. The van der Waals surface area contributed by atoms with Gasteiger partial charge < -0.3 is 40.9 Å². The number of amides is 3. The minimum atomic E-state index is -3.53. The number of hydrogen-bond donors (Lipinski definition) is 5. The molecule has 5 heterocycles. The van der Waals surface area contributed by atoms with Crippen molar-refractivity contribution in [2.45, 2.75) is 84.5 Å². The summed E-state index contributed by atoms with van der Waals surface area (Å²) in [7, 11) is -0.438. The second-order valence-corrected chi connectivity index (χ2v) is 23.8. The number of carbonyl (C=O) groups is 3. The number of hydrogen-bond acceptors (Lipinski definition) is 15. The maximum atomic E-state index is 14.3. The molecule has 73 heavy (non-hydrogen) atoms. The Hall–Kier alpha value is -6.06. The van der Waals surface area contributed by atoms with Crippen molar-refractivity contribution in [2.24, 2.45) is 10.8 Å². The molecule has 0 unspecified atom stereocenters. The highest BCUT2D eigenvalue weighted by atomic mass is 35.5. The van der Waals surface area contributed by atoms with Gasteiger partial charge in [-0.25, -0.2) is 18.4 Å². The van der Waals surface area contributed by atoms with Crippen LogP contribution in [0, 0.1) is 17.8 Å². The Labute approximate surface area is 436 Å². The molecule has 3 aromatic carbocycles. The van der Waals surface area contributed by atoms with E-state index in [0.29, 0.717) is 22.8 Å². The van der Waals surface area contributed by atoms with Crippen LogP contribution in [0.1, 0.15) is 64.1 Å². The van der Waals surface area contributed by atoms with Crippen LogP contribution < -0.4 is 35.2 Å². The van der Waals surface area contributed by atoms with Crippen LogP contribution in [0.25, 0.3) is 10.4 Å². The van der Waals surface area contributed by atoms with Gasteiger partial charge in [-0.1, -0.05) is 68.8 Å². The molecule has 390 valence electrons. The first kappa shape index (κ1) is 53.2. The van der Waals surface area contributed by atoms with Gasteiger partial charge in [0.1, 0.15) is 22.9 Å². The lowest BCUT2D eigenvalue weighted by Crippen LogP contribution is -2.59. The molecule has 2 aromatic heterocycles. The smallest absolute Gasteiger partial charge is 0.246 e. The summed E-state index contributed by atoms with van der Waals surface area (Å²) in [5, 5.41) is 23.4. The molecule has 3 amide bonds. The van der Waals surface area contributed by atoms with E-state index in [0.717, 1.165) is 85.5 Å². The van der Waals surface area contributed by atoms with Gasteiger partial charge in [-0.15, -0.1) is 11.3 Å². The van der Waals surface area contributed by atoms with E-state index >= 15 is 0 Å². The molecule has 5 aromatic rings. The molecule has 0 bridgehead atoms. The number of halogens is 1. The molecule has 3 aliphatic heterocycles. The largest absolute Gasteiger partial charge is 0.494 e. The lowest BCUT2D eigenvalue weighted by molar-refractivity contribution is -0.144. The molecule has 3 aliphatic rings. The average Bonchev–Trinajstić information content (AvgIpc) is 3.99. The van der Waals surface area contributed by atoms with E-state index in [1.54, 1.807) is 42.7 Å². The number of anilines is 6. The molecule has 21 heteroatoms. The number of ether oxygens (including phenoxy) is 1. The normalized spacial score (nSPS) is 18.5. The fourth-order valence-electron chi connectivity index (χ4n) is 9.89. The lowest BCUT2D eigenvalue weighted by atomic mass is 9.71. The Balaban J connectivity index is 0.817. The maximum Gasteiger partial charge on any atom is 0.246 e. The van der Waals surface area contributed by atoms with Crippen LogP contribution in [0.2, 0.25) is 5.02 Å². The van der Waals surface area contributed by atoms with Crippen molar-refractivity contribution >= 4 is 85.2 Å². The van der Waals surface area contributed by atoms with Gasteiger partial charge in [-0.2, -0.15) is 4.98 Å². The van der Waals surface area contributed by atoms with Crippen molar-refractivity contribution in [1.29, 1.82) is 0 Å². The Morgan fingerprint density at radius 1 is 0.973 bits per heavy atom. The number of piperidine rings is 2. The van der Waals surface area contributed by atoms with Crippen molar-refractivity contribution in [1.82, 2.24) is 35.4 Å². The number of sulfonamides is 1. The van der Waals surface area contributed by atoms with Crippen LogP contribution in [0.4, 0.5) is 34.5 Å². The molecule has 1 spiro atoms. The van der Waals surface area contributed by atoms with Gasteiger partial charge in [0, 0.05) is 51.4 Å². The molecule has 3 saturated heterocycles. The van der Waals surface area contributed by atoms with Gasteiger partial charge in [-0.05, 0) is 91.9 Å². The summed E-state index contributed by atoms with van der Waals surface area (Å²) in [5.74, 6) is 0.179. The van der Waals surface area contributed by atoms with Gasteiger partial charge in [0.2, 0.25) is 33.7 Å². The van der Waals surface area contributed by atoms with E-state index in [2.05, 4.69) is 46.0 Å². The van der Waals surface area contributed by atoms with Crippen molar-refractivity contribution in [3.05, 3.63) is 94.7 Å². The van der Waals surface area contributed by atoms with Crippen LogP contribution in [0.5, 0.6) is 5.75 Å². The maximum absolute atomic E-state index is 14.3. The lowest BCUT2D eigenvalue weighted by Gasteiger charge is -2.47. The van der Waals surface area contributed by atoms with E-state index in [9.17, 15) is 27.9 Å². The zero-order valence-corrected chi connectivity index (χ0v) is 44.8. The summed E-state index contributed by atoms with van der Waals surface area (Å²) in [4.78, 5) is 62.0. The number of thiazole rings is 1. The Bertz CT molecular complexity index is 2900. The SMILES string of the molecule is COc1cc(N2CCC3(CCN(CC(=O)N[C@H](C(=O)N4C[C@H](O)C[C@@H]4C(=O)NCc4ccc(-c5scnc5C)cc4)C(C)(C)C)CC3)CC2)ccc1Nc1ncc(Cl)c(Nc2ccccc2N(C)S(C)(=O)=O)n1. The molecule has 0 aliphatic carbocycles. The van der Waals surface area contributed by atoms with Crippen molar-refractivity contribution < 1.29 is 32.6 Å². The van der Waals surface area contributed by atoms with Crippen LogP contribution in [0.3, 0.4) is 0 Å². The molecule has 0 saturated carbocycles. The van der Waals surface area contributed by atoms with Crippen LogP contribution >= 0.6 is 22.9 Å². The van der Waals surface area contributed by atoms with Crippen LogP contribution in [-0.4, -0.2) is 134 Å². The molecular formula is C52H66ClN11O7S2. The second kappa shape index (κ2) is 22.2. The summed E-state index contributed by atoms with van der Waals surface area (Å²) in [6.45, 7) is 11.3. The Morgan fingerprint density at radius 2 is 1.67 bits per heavy atom. The van der Waals surface area contributed by atoms with Crippen molar-refractivity contribution in [3.8, 4) is 16.2 Å². The van der Waals surface area contributed by atoms with E-state index in [4.69, 9.17) is 16.3 Å². The molecule has 3 atom stereocenters. The number of carbonyl (C=O) groups excluding carboxylic acids is 3. The number of nitrogens with zero attached hydrogens (tertiary/aromatic N) is 7. The first-order valence-corrected chi connectivity index (χ1v) is 27.6. The van der Waals surface area contributed by atoms with Crippen molar-refractivity contribution in [2.75, 3.05) is 79.5 Å². The highest BCUT2D eigenvalue weighted by molar-refractivity contribution is 7.92. The molecule has 18 nitrogen and oxygen atoms in total. The number of rotatable bonds is 16. The minimum absolute atomic E-state index is 0.0115. The predicted octanol–water partition coefficient (Wildman–Crippen LogP) is 6.95. The third kappa shape index (κ3) is 12.7. The van der Waals surface area contributed by atoms with Gasteiger partial charge in [0.15, 0.2) is 5.82 Å². The first-order valence-electron chi connectivity index (χ1n) is 24.5. The highest BCUT2D eigenvalue weighted by Gasteiger charge is 2.45. The van der Waals surface area contributed by atoms with E-state index in [1.165, 1.54) is 22.4 Å². The zero-order valence-electron chi connectivity index (χ0n) is 42.4. The number of aryl methyl sites for hydroxylation is 1. The number of aliphatic hydroxyl groups excluding tert-OH is 1. The number of β-amino-alcohol motifs (C(OH)–C–C–N with tert-alkyl or cyclic N) is 1. The monoisotopic (exact) mass is 1060 g/mol. The van der Waals surface area contributed by atoms with Gasteiger partial charge >= 0.3 is 0 Å². The molecule has 0 radical (unpaired) electrons. The summed E-state index contributed by atoms with van der Waals surface area (Å²) in [6, 6.07) is 19.1. The number of methoxy groups -OCH3 is 1. The topological polar surface area (TPSA) is 215 Å². The van der Waals surface area contributed by atoms with Gasteiger partial charge in [0.25, 0.3) is 0 Å². The molecule has 5 N–H and O–H groups in total. The quantitative estimate of drug-likeness (QED) is 0.0677. The number of para-hydroxylation sites is 2. The van der Waals surface area contributed by atoms with Gasteiger partial charge in [0.05, 0.1) is 65.4 Å². The fourth-order valence-corrected chi connectivity index (χ4v) is 11.4. The van der Waals surface area contributed by atoms with Crippen LogP contribution in [0.15, 0.2) is 78.4 Å². The standard InChI is InChI=1S/C52H66ClN11O7S2/c1-33-45(72-32-56-33)35-14-12-34(13-15-35)28-54-48(67)42-27-37(65)30-64(42)49(68)46(51(2,3)4)59-44(66)31-62-22-18-52(19-23-62)20-24-63(25-21-52)36-16-17-40(43(26-36)71-6)58-50-55-29-38(53)47(60-50)57-39-10-8-9-11-41(39)61(5)73(7,69)70/h8-17,26,29,32,37,42,46,65H,18-25,27-28,30-31H2,1-7H3,(H,54,67)(H,59,66)(H2,55,57,58,60)/t37-,42-,46-/m1/s1. The Kier molecular flexibility index (Phi) is 16.2. The van der Waals surface area contributed by atoms with Crippen LogP contribution in [-0.2, 0) is 31.0 Å². The van der Waals surface area contributed by atoms with E-state index in [1.807, 2.05) is 75.7 Å². The molecular weight excluding hydrogens is 990 g/mol. The number of benzene rings is 3. The van der Waals surface area contributed by atoms with Gasteiger partial charge in [-0.3, -0.25) is 23.6 Å². The second-order valence-electron chi connectivity index (χ2n) is 20.5. The first-order chi connectivity index (χ1) is 34.7. The van der Waals surface area contributed by atoms with E-state index < -0.39 is 33.6 Å². The summed E-state index contributed by atoms with van der Waals surface area (Å²) in [6.07, 6.45) is 5.78.